The quantitative estimate of drug-likeness (QED) is 0.114. The highest BCUT2D eigenvalue weighted by molar-refractivity contribution is 6.23. The zero-order chi connectivity index (χ0) is 84.1. The Balaban J connectivity index is 0.000000113. The van der Waals surface area contributed by atoms with Gasteiger partial charge in [-0.1, -0.05) is 388 Å². The van der Waals surface area contributed by atoms with Crippen LogP contribution < -0.4 is 0 Å². The van der Waals surface area contributed by atoms with Gasteiger partial charge in [-0.3, -0.25) is 4.57 Å². The zero-order valence-corrected chi connectivity index (χ0v) is 69.2. The predicted molar refractivity (Wildman–Crippen MR) is 532 cm³/mol. The van der Waals surface area contributed by atoms with Crippen molar-refractivity contribution < 1.29 is 0 Å². The van der Waals surface area contributed by atoms with Crippen LogP contribution in [0.15, 0.2) is 479 Å². The summed E-state index contributed by atoms with van der Waals surface area (Å²) < 4.78 is 7.02. The van der Waals surface area contributed by atoms with Crippen molar-refractivity contribution in [3.63, 3.8) is 0 Å². The van der Waals surface area contributed by atoms with E-state index in [1.165, 1.54) is 159 Å². The maximum absolute atomic E-state index is 5.12. The van der Waals surface area contributed by atoms with Gasteiger partial charge in [0.1, 0.15) is 5.82 Å². The van der Waals surface area contributed by atoms with Gasteiger partial charge in [-0.15, -0.1) is 0 Å². The summed E-state index contributed by atoms with van der Waals surface area (Å²) in [5.41, 5.74) is 26.5. The molecule has 0 N–H and O–H groups in total. The second-order valence-corrected chi connectivity index (χ2v) is 32.3. The van der Waals surface area contributed by atoms with E-state index in [-0.39, 0.29) is 0 Å². The monoisotopic (exact) mass is 1620 g/mol. The molecule has 127 heavy (non-hydrogen) atoms. The molecule has 7 nitrogen and oxygen atoms in total. The summed E-state index contributed by atoms with van der Waals surface area (Å²) in [6.45, 7) is 0. The predicted octanol–water partition coefficient (Wildman–Crippen LogP) is 31.5. The van der Waals surface area contributed by atoms with Gasteiger partial charge >= 0.3 is 0 Å². The van der Waals surface area contributed by atoms with Crippen molar-refractivity contribution in [3.8, 4) is 118 Å². The molecule has 21 aromatic carbocycles. The number of benzene rings is 21. The highest BCUT2D eigenvalue weighted by Crippen LogP contribution is 2.47. The van der Waals surface area contributed by atoms with Crippen LogP contribution in [0, 0.1) is 0 Å². The molecular weight excluding hydrogens is 1540 g/mol. The lowest BCUT2D eigenvalue weighted by Crippen LogP contribution is -2.00. The molecule has 0 aliphatic rings. The van der Waals surface area contributed by atoms with E-state index in [1.807, 2.05) is 60.7 Å². The molecule has 25 rings (SSSR count). The fourth-order valence-corrected chi connectivity index (χ4v) is 18.8. The molecule has 0 fully saturated rings. The first kappa shape index (κ1) is 75.0. The van der Waals surface area contributed by atoms with Gasteiger partial charge in [-0.25, -0.2) is 19.9 Å². The molecule has 0 aliphatic carbocycles. The Morgan fingerprint density at radius 1 is 0.150 bits per heavy atom. The van der Waals surface area contributed by atoms with E-state index in [0.717, 1.165) is 50.4 Å². The van der Waals surface area contributed by atoms with E-state index in [2.05, 4.69) is 432 Å². The van der Waals surface area contributed by atoms with Crippen molar-refractivity contribution in [3.05, 3.63) is 479 Å². The zero-order valence-electron chi connectivity index (χ0n) is 69.2. The Hall–Kier alpha value is -17.0. The van der Waals surface area contributed by atoms with E-state index in [4.69, 9.17) is 19.9 Å². The molecule has 0 atom stereocenters. The topological polar surface area (TPSA) is 66.3 Å². The molecular formula is C120H79N7. The normalized spacial score (nSPS) is 11.5. The first-order valence-corrected chi connectivity index (χ1v) is 43.2. The standard InChI is InChI=1S/C53H34N2.C36H24N2.C31H21N3/c1-2-16-44(17-3-1)55-50-21-11-10-20-49(50)54-53(55)38-26-22-37(23-27-38)41-30-31-47-48(34-41)52(43-29-25-36-13-5-7-15-40(36)33-43)46-19-9-8-18-45(46)51(47)42-28-24-35-12-4-6-14-39(35)32-42;1-5-19-33-29(15-1)30-16-2-6-20-34(30)37(33)27-13-9-11-25(23-27)26-12-10-14-28(24-26)38-35-21-7-3-17-31(35)32-18-4-8-22-36(32)38;1-3-11-24(12-4-1)29-32-30(25-13-5-2-6-14-25)34-31(33-29)26-20-18-23(19-21-26)28-17-9-15-22-10-7-8-16-27(22)28/h1-34H;1-24H;1-21H. The third kappa shape index (κ3) is 14.0. The highest BCUT2D eigenvalue weighted by Gasteiger charge is 2.23. The average Bonchev–Trinajstić information content (AvgIpc) is 1.64. The van der Waals surface area contributed by atoms with Crippen LogP contribution in [-0.2, 0) is 0 Å². The Labute approximate surface area is 734 Å². The number of para-hydroxylation sites is 7. The van der Waals surface area contributed by atoms with E-state index in [9.17, 15) is 0 Å². The second kappa shape index (κ2) is 32.4. The van der Waals surface area contributed by atoms with Crippen LogP contribution in [0.1, 0.15) is 0 Å². The molecule has 0 aliphatic heterocycles. The van der Waals surface area contributed by atoms with Crippen LogP contribution in [0.2, 0.25) is 0 Å². The van der Waals surface area contributed by atoms with Crippen molar-refractivity contribution >= 4 is 109 Å². The summed E-state index contributed by atoms with van der Waals surface area (Å²) in [7, 11) is 0. The Bertz CT molecular complexity index is 8180. The Kier molecular flexibility index (Phi) is 19.2. The smallest absolute Gasteiger partial charge is 0.164 e. The van der Waals surface area contributed by atoms with E-state index >= 15 is 0 Å². The Morgan fingerprint density at radius 3 is 0.992 bits per heavy atom. The van der Waals surface area contributed by atoms with Crippen LogP contribution in [-0.4, -0.2) is 33.6 Å². The van der Waals surface area contributed by atoms with Crippen molar-refractivity contribution in [2.24, 2.45) is 0 Å². The van der Waals surface area contributed by atoms with Gasteiger partial charge in [0.2, 0.25) is 0 Å². The molecule has 0 saturated carbocycles. The van der Waals surface area contributed by atoms with E-state index in [0.29, 0.717) is 17.5 Å². The molecule has 4 aromatic heterocycles. The fraction of sp³-hybridized carbons (Fsp3) is 0. The summed E-state index contributed by atoms with van der Waals surface area (Å²) in [6.07, 6.45) is 0. The van der Waals surface area contributed by atoms with E-state index < -0.39 is 0 Å². The van der Waals surface area contributed by atoms with Gasteiger partial charge < -0.3 is 9.13 Å². The number of fused-ring (bicyclic) bond motifs is 12. The molecule has 594 valence electrons. The number of aromatic nitrogens is 7. The first-order valence-electron chi connectivity index (χ1n) is 43.2. The third-order valence-electron chi connectivity index (χ3n) is 24.8. The number of rotatable bonds is 12. The fourth-order valence-electron chi connectivity index (χ4n) is 18.8. The van der Waals surface area contributed by atoms with Gasteiger partial charge in [0.15, 0.2) is 17.5 Å². The summed E-state index contributed by atoms with van der Waals surface area (Å²) in [4.78, 5) is 19.6. The van der Waals surface area contributed by atoms with Crippen LogP contribution in [0.25, 0.3) is 227 Å². The van der Waals surface area contributed by atoms with Gasteiger partial charge in [0.25, 0.3) is 0 Å². The molecule has 0 bridgehead atoms. The SMILES string of the molecule is c1cc(-c2cccc(-n3c4ccccc4c4ccccc43)c2)cc(-n2c3ccccc3c3ccccc32)c1.c1ccc(-c2nc(-c3ccccc3)nc(-c3ccc(-c4cccc5ccccc45)cc3)n2)cc1.c1ccc(-n2c(-c3ccc(-c4ccc5c(-c6ccc7ccccc7c6)c6ccccc6c(-c6ccc7ccccc7c6)c5c4)cc3)nc3ccccc32)cc1. The average molecular weight is 1620 g/mol. The highest BCUT2D eigenvalue weighted by atomic mass is 15.1. The van der Waals surface area contributed by atoms with Crippen molar-refractivity contribution in [1.82, 2.24) is 33.6 Å². The number of nitrogens with zero attached hydrogens (tertiary/aromatic N) is 7. The lowest BCUT2D eigenvalue weighted by molar-refractivity contribution is 1.07. The minimum Gasteiger partial charge on any atom is -0.309 e. The maximum atomic E-state index is 5.12. The van der Waals surface area contributed by atoms with Gasteiger partial charge in [-0.05, 0) is 200 Å². The third-order valence-corrected chi connectivity index (χ3v) is 24.8. The van der Waals surface area contributed by atoms with E-state index in [1.54, 1.807) is 0 Å². The van der Waals surface area contributed by atoms with Crippen LogP contribution >= 0.6 is 0 Å². The molecule has 4 heterocycles. The molecule has 25 aromatic rings. The minimum atomic E-state index is 0.664. The number of imidazole rings is 1. The lowest BCUT2D eigenvalue weighted by atomic mass is 9.84. The van der Waals surface area contributed by atoms with Crippen LogP contribution in [0.5, 0.6) is 0 Å². The van der Waals surface area contributed by atoms with Crippen molar-refractivity contribution in [1.29, 1.82) is 0 Å². The molecule has 7 heteroatoms. The lowest BCUT2D eigenvalue weighted by Gasteiger charge is -2.19. The molecule has 0 unspecified atom stereocenters. The minimum absolute atomic E-state index is 0.664. The number of hydrogen-bond donors (Lipinski definition) is 0. The summed E-state index contributed by atoms with van der Waals surface area (Å²) in [5.74, 6) is 2.94. The molecule has 0 spiro atoms. The van der Waals surface area contributed by atoms with Crippen LogP contribution in [0.3, 0.4) is 0 Å². The molecule has 0 radical (unpaired) electrons. The van der Waals surface area contributed by atoms with Gasteiger partial charge in [-0.2, -0.15) is 0 Å². The van der Waals surface area contributed by atoms with Crippen molar-refractivity contribution in [2.75, 3.05) is 0 Å². The van der Waals surface area contributed by atoms with Gasteiger partial charge in [0, 0.05) is 60.9 Å². The summed E-state index contributed by atoms with van der Waals surface area (Å²) in [6, 6.07) is 171. The second-order valence-electron chi connectivity index (χ2n) is 32.3. The molecule has 0 amide bonds. The molecule has 0 saturated heterocycles. The Morgan fingerprint density at radius 2 is 0.480 bits per heavy atom. The first-order chi connectivity index (χ1) is 63.0. The van der Waals surface area contributed by atoms with Crippen molar-refractivity contribution in [2.45, 2.75) is 0 Å². The summed E-state index contributed by atoms with van der Waals surface area (Å²) in [5, 5.41) is 17.6. The maximum Gasteiger partial charge on any atom is 0.164 e. The largest absolute Gasteiger partial charge is 0.309 e. The van der Waals surface area contributed by atoms with Crippen LogP contribution in [0.4, 0.5) is 0 Å². The van der Waals surface area contributed by atoms with Gasteiger partial charge in [0.05, 0.1) is 33.1 Å². The summed E-state index contributed by atoms with van der Waals surface area (Å²) >= 11 is 0. The number of hydrogen-bond acceptors (Lipinski definition) is 4.